The van der Waals surface area contributed by atoms with Crippen LogP contribution in [0.15, 0.2) is 30.6 Å². The minimum atomic E-state index is -0.592. The summed E-state index contributed by atoms with van der Waals surface area (Å²) in [5.74, 6) is 0.0783. The number of anilines is 1. The molecule has 1 aromatic carbocycles. The van der Waals surface area contributed by atoms with Crippen LogP contribution in [0.4, 0.5) is 5.69 Å². The van der Waals surface area contributed by atoms with Crippen LogP contribution >= 0.6 is 11.6 Å². The molecule has 8 heteroatoms. The number of fused-ring (bicyclic) bond motifs is 2. The van der Waals surface area contributed by atoms with E-state index in [0.29, 0.717) is 11.6 Å². The van der Waals surface area contributed by atoms with Gasteiger partial charge in [-0.15, -0.1) is 0 Å². The van der Waals surface area contributed by atoms with Gasteiger partial charge in [0.1, 0.15) is 0 Å². The molecule has 1 aromatic heterocycles. The number of rotatable bonds is 6. The SMILES string of the molecule is CC(CO)(CO)Cn1cc(CN2CCC3(CC2)C(=O)Nc2ccc(Cl)cc23)cn1. The summed E-state index contributed by atoms with van der Waals surface area (Å²) in [6.07, 6.45) is 5.31. The number of hydrogen-bond donors (Lipinski definition) is 3. The highest BCUT2D eigenvalue weighted by Crippen LogP contribution is 2.45. The van der Waals surface area contributed by atoms with Crippen LogP contribution in [-0.4, -0.2) is 57.1 Å². The maximum absolute atomic E-state index is 12.8. The average molecular weight is 419 g/mol. The monoisotopic (exact) mass is 418 g/mol. The summed E-state index contributed by atoms with van der Waals surface area (Å²) in [5.41, 5.74) is 1.91. The molecule has 1 spiro atoms. The second kappa shape index (κ2) is 7.72. The van der Waals surface area contributed by atoms with Crippen molar-refractivity contribution in [3.05, 3.63) is 46.7 Å². The summed E-state index contributed by atoms with van der Waals surface area (Å²) in [6.45, 7) is 4.48. The highest BCUT2D eigenvalue weighted by atomic mass is 35.5. The Kier molecular flexibility index (Phi) is 5.42. The van der Waals surface area contributed by atoms with Crippen LogP contribution < -0.4 is 5.32 Å². The summed E-state index contributed by atoms with van der Waals surface area (Å²) in [4.78, 5) is 15.1. The molecular formula is C21H27ClN4O3. The summed E-state index contributed by atoms with van der Waals surface area (Å²) in [5, 5.41) is 27.0. The molecule has 2 aliphatic heterocycles. The van der Waals surface area contributed by atoms with E-state index in [2.05, 4.69) is 15.3 Å². The molecule has 1 saturated heterocycles. The number of carbonyl (C=O) groups excluding carboxylic acids is 1. The standard InChI is InChI=1S/C21H27ClN4O3/c1-20(13-27,14-28)12-26-11-15(9-23-26)10-25-6-4-21(5-7-25)17-8-16(22)2-3-18(17)24-19(21)29/h2-3,8-9,11,27-28H,4-7,10,12-14H2,1H3,(H,24,29). The van der Waals surface area contributed by atoms with Crippen LogP contribution in [0.5, 0.6) is 0 Å². The molecule has 0 bridgehead atoms. The number of aliphatic hydroxyl groups is 2. The highest BCUT2D eigenvalue weighted by molar-refractivity contribution is 6.31. The van der Waals surface area contributed by atoms with E-state index in [-0.39, 0.29) is 19.1 Å². The minimum absolute atomic E-state index is 0.0783. The van der Waals surface area contributed by atoms with Crippen LogP contribution in [0, 0.1) is 5.41 Å². The molecule has 7 nitrogen and oxygen atoms in total. The molecular weight excluding hydrogens is 392 g/mol. The number of benzene rings is 1. The van der Waals surface area contributed by atoms with E-state index in [1.54, 1.807) is 4.68 Å². The van der Waals surface area contributed by atoms with Crippen molar-refractivity contribution in [2.24, 2.45) is 5.41 Å². The zero-order valence-electron chi connectivity index (χ0n) is 16.6. The van der Waals surface area contributed by atoms with Gasteiger partial charge in [-0.2, -0.15) is 5.10 Å². The Morgan fingerprint density at radius 2 is 2.00 bits per heavy atom. The lowest BCUT2D eigenvalue weighted by atomic mass is 9.73. The second-order valence-electron chi connectivity index (χ2n) is 8.68. The van der Waals surface area contributed by atoms with Crippen molar-refractivity contribution in [1.82, 2.24) is 14.7 Å². The number of amides is 1. The molecule has 2 aliphatic rings. The number of likely N-dealkylation sites (tertiary alicyclic amines) is 1. The second-order valence-corrected chi connectivity index (χ2v) is 9.11. The average Bonchev–Trinajstić information content (AvgIpc) is 3.26. The van der Waals surface area contributed by atoms with Gasteiger partial charge in [-0.25, -0.2) is 0 Å². The number of halogens is 1. The first kappa shape index (κ1) is 20.3. The fourth-order valence-electron chi connectivity index (χ4n) is 4.35. The largest absolute Gasteiger partial charge is 0.396 e. The Bertz CT molecular complexity index is 901. The molecule has 29 heavy (non-hydrogen) atoms. The molecule has 156 valence electrons. The van der Waals surface area contributed by atoms with Crippen molar-refractivity contribution in [3.63, 3.8) is 0 Å². The third-order valence-electron chi connectivity index (χ3n) is 6.29. The van der Waals surface area contributed by atoms with Crippen molar-refractivity contribution in [3.8, 4) is 0 Å². The van der Waals surface area contributed by atoms with E-state index < -0.39 is 10.8 Å². The zero-order chi connectivity index (χ0) is 20.6. The van der Waals surface area contributed by atoms with Crippen molar-refractivity contribution in [2.45, 2.75) is 38.3 Å². The summed E-state index contributed by atoms with van der Waals surface area (Å²) >= 11 is 6.19. The number of carbonyl (C=O) groups is 1. The van der Waals surface area contributed by atoms with Crippen LogP contribution in [0.1, 0.15) is 30.9 Å². The quantitative estimate of drug-likeness (QED) is 0.667. The van der Waals surface area contributed by atoms with Gasteiger partial charge in [-0.3, -0.25) is 14.4 Å². The predicted molar refractivity (Wildman–Crippen MR) is 111 cm³/mol. The molecule has 1 fully saturated rings. The van der Waals surface area contributed by atoms with Crippen molar-refractivity contribution < 1.29 is 15.0 Å². The van der Waals surface area contributed by atoms with Crippen molar-refractivity contribution in [2.75, 3.05) is 31.6 Å². The Hall–Kier alpha value is -1.93. The maximum Gasteiger partial charge on any atom is 0.235 e. The smallest absolute Gasteiger partial charge is 0.235 e. The molecule has 0 radical (unpaired) electrons. The highest BCUT2D eigenvalue weighted by Gasteiger charge is 2.48. The first-order valence-corrected chi connectivity index (χ1v) is 10.3. The first-order valence-electron chi connectivity index (χ1n) is 9.94. The van der Waals surface area contributed by atoms with E-state index >= 15 is 0 Å². The van der Waals surface area contributed by atoms with Gasteiger partial charge in [-0.05, 0) is 49.7 Å². The molecule has 0 saturated carbocycles. The van der Waals surface area contributed by atoms with E-state index in [4.69, 9.17) is 11.6 Å². The summed E-state index contributed by atoms with van der Waals surface area (Å²) in [6, 6.07) is 5.62. The molecule has 2 aromatic rings. The van der Waals surface area contributed by atoms with Gasteiger partial charge in [0.2, 0.25) is 5.91 Å². The van der Waals surface area contributed by atoms with Gasteiger partial charge in [0.05, 0.1) is 31.4 Å². The predicted octanol–water partition coefficient (Wildman–Crippen LogP) is 2.01. The lowest BCUT2D eigenvalue weighted by Gasteiger charge is -2.37. The van der Waals surface area contributed by atoms with Gasteiger partial charge in [0, 0.05) is 34.4 Å². The van der Waals surface area contributed by atoms with Gasteiger partial charge < -0.3 is 15.5 Å². The van der Waals surface area contributed by atoms with Crippen LogP contribution in [0.25, 0.3) is 0 Å². The number of piperidine rings is 1. The maximum atomic E-state index is 12.8. The Morgan fingerprint density at radius 3 is 2.69 bits per heavy atom. The number of nitrogens with zero attached hydrogens (tertiary/aromatic N) is 3. The summed E-state index contributed by atoms with van der Waals surface area (Å²) < 4.78 is 1.77. The fraction of sp³-hybridized carbons (Fsp3) is 0.524. The van der Waals surface area contributed by atoms with E-state index in [1.807, 2.05) is 37.5 Å². The van der Waals surface area contributed by atoms with Crippen LogP contribution in [0.2, 0.25) is 5.02 Å². The Labute approximate surface area is 175 Å². The molecule has 1 amide bonds. The Morgan fingerprint density at radius 1 is 1.28 bits per heavy atom. The lowest BCUT2D eigenvalue weighted by Crippen LogP contribution is -2.46. The zero-order valence-corrected chi connectivity index (χ0v) is 17.3. The van der Waals surface area contributed by atoms with Gasteiger partial charge >= 0.3 is 0 Å². The number of nitrogens with one attached hydrogen (secondary N) is 1. The third kappa shape index (κ3) is 3.80. The molecule has 3 heterocycles. The minimum Gasteiger partial charge on any atom is -0.396 e. The lowest BCUT2D eigenvalue weighted by molar-refractivity contribution is -0.122. The summed E-state index contributed by atoms with van der Waals surface area (Å²) in [7, 11) is 0. The van der Waals surface area contributed by atoms with Crippen molar-refractivity contribution in [1.29, 1.82) is 0 Å². The number of aliphatic hydroxyl groups excluding tert-OH is 2. The van der Waals surface area contributed by atoms with E-state index in [9.17, 15) is 15.0 Å². The van der Waals surface area contributed by atoms with E-state index in [1.165, 1.54) is 0 Å². The topological polar surface area (TPSA) is 90.6 Å². The van der Waals surface area contributed by atoms with Crippen molar-refractivity contribution >= 4 is 23.2 Å². The van der Waals surface area contributed by atoms with Gasteiger partial charge in [0.15, 0.2) is 0 Å². The van der Waals surface area contributed by atoms with Crippen LogP contribution in [0.3, 0.4) is 0 Å². The normalized spacial score (nSPS) is 18.8. The molecule has 0 aliphatic carbocycles. The van der Waals surface area contributed by atoms with Gasteiger partial charge in [0.25, 0.3) is 0 Å². The number of hydrogen-bond acceptors (Lipinski definition) is 5. The van der Waals surface area contributed by atoms with Crippen LogP contribution in [-0.2, 0) is 23.3 Å². The Balaban J connectivity index is 1.40. The van der Waals surface area contributed by atoms with Gasteiger partial charge in [-0.1, -0.05) is 18.5 Å². The molecule has 0 unspecified atom stereocenters. The third-order valence-corrected chi connectivity index (χ3v) is 6.52. The molecule has 0 atom stereocenters. The molecule has 3 N–H and O–H groups in total. The number of aromatic nitrogens is 2. The molecule has 4 rings (SSSR count). The first-order chi connectivity index (χ1) is 13.9. The fourth-order valence-corrected chi connectivity index (χ4v) is 4.52. The van der Waals surface area contributed by atoms with E-state index in [0.717, 1.165) is 49.3 Å².